The van der Waals surface area contributed by atoms with Crippen molar-refractivity contribution in [1.82, 2.24) is 4.98 Å². The number of ether oxygens (including phenoxy) is 1. The maximum Gasteiger partial charge on any atom is 0.0797 e. The summed E-state index contributed by atoms with van der Waals surface area (Å²) in [6.45, 7) is 2.75. The smallest absolute Gasteiger partial charge is 0.0797 e. The number of rotatable bonds is 4. The lowest BCUT2D eigenvalue weighted by molar-refractivity contribution is 0.0253. The van der Waals surface area contributed by atoms with Gasteiger partial charge in [0.25, 0.3) is 0 Å². The number of aryl methyl sites for hydroxylation is 1. The van der Waals surface area contributed by atoms with Crippen molar-refractivity contribution in [2.24, 2.45) is 5.92 Å². The van der Waals surface area contributed by atoms with E-state index in [-0.39, 0.29) is 12.0 Å². The Balaban J connectivity index is 1.81. The number of hydrogen-bond acceptors (Lipinski definition) is 4. The number of aromatic nitrogens is 1. The zero-order valence-electron chi connectivity index (χ0n) is 10.9. The minimum Gasteiger partial charge on any atom is -0.376 e. The molecule has 0 aliphatic heterocycles. The molecule has 2 atom stereocenters. The zero-order chi connectivity index (χ0) is 12.8. The second kappa shape index (κ2) is 6.86. The second-order valence-corrected chi connectivity index (χ2v) is 5.83. The molecule has 0 bridgehead atoms. The third-order valence-electron chi connectivity index (χ3n) is 3.62. The summed E-state index contributed by atoms with van der Waals surface area (Å²) in [5, 5.41) is 9.18. The first kappa shape index (κ1) is 13.5. The van der Waals surface area contributed by atoms with Crippen LogP contribution in [0.15, 0.2) is 5.51 Å². The summed E-state index contributed by atoms with van der Waals surface area (Å²) in [4.78, 5) is 5.54. The summed E-state index contributed by atoms with van der Waals surface area (Å²) in [5.74, 6) is 0.0926. The van der Waals surface area contributed by atoms with Crippen LogP contribution < -0.4 is 0 Å². The maximum absolute atomic E-state index is 9.18. The highest BCUT2D eigenvalue weighted by Gasteiger charge is 2.23. The van der Waals surface area contributed by atoms with Gasteiger partial charge in [0.15, 0.2) is 0 Å². The molecule has 1 heterocycles. The van der Waals surface area contributed by atoms with Crippen molar-refractivity contribution in [3.63, 3.8) is 0 Å². The Morgan fingerprint density at radius 1 is 1.44 bits per heavy atom. The average molecular weight is 264 g/mol. The van der Waals surface area contributed by atoms with Gasteiger partial charge in [0, 0.05) is 11.3 Å². The first-order valence-corrected chi connectivity index (χ1v) is 7.59. The molecular weight excluding hydrogens is 244 g/mol. The highest BCUT2D eigenvalue weighted by molar-refractivity contribution is 7.09. The second-order valence-electron chi connectivity index (χ2n) is 4.89. The molecule has 2 unspecified atom stereocenters. The van der Waals surface area contributed by atoms with Gasteiger partial charge in [-0.3, -0.25) is 0 Å². The molecule has 1 aliphatic rings. The van der Waals surface area contributed by atoms with Gasteiger partial charge in [-0.2, -0.15) is 5.26 Å². The van der Waals surface area contributed by atoms with Crippen molar-refractivity contribution < 1.29 is 4.74 Å². The third-order valence-corrected chi connectivity index (χ3v) is 4.62. The molecule has 1 aliphatic carbocycles. The first-order valence-electron chi connectivity index (χ1n) is 6.71. The maximum atomic E-state index is 9.18. The van der Waals surface area contributed by atoms with Crippen LogP contribution in [-0.2, 0) is 11.2 Å². The Bertz CT molecular complexity index is 410. The Hall–Kier alpha value is -0.920. The van der Waals surface area contributed by atoms with Crippen molar-refractivity contribution in [2.45, 2.75) is 51.6 Å². The highest BCUT2D eigenvalue weighted by Crippen LogP contribution is 2.25. The molecule has 0 radical (unpaired) electrons. The summed E-state index contributed by atoms with van der Waals surface area (Å²) >= 11 is 1.69. The number of nitriles is 1. The monoisotopic (exact) mass is 264 g/mol. The Morgan fingerprint density at radius 3 is 3.00 bits per heavy atom. The van der Waals surface area contributed by atoms with Crippen LogP contribution in [0.2, 0.25) is 0 Å². The summed E-state index contributed by atoms with van der Waals surface area (Å²) < 4.78 is 5.95. The van der Waals surface area contributed by atoms with Gasteiger partial charge in [-0.15, -0.1) is 11.3 Å². The summed E-state index contributed by atoms with van der Waals surface area (Å²) in [5.41, 5.74) is 3.00. The van der Waals surface area contributed by atoms with Crippen LogP contribution in [0, 0.1) is 24.2 Å². The standard InChI is InChI=1S/C14H20N2OS/c1-11-14(18-10-16-11)7-8-17-13-6-4-2-3-5-12(13)9-15/h10,12-13H,2-8H2,1H3. The van der Waals surface area contributed by atoms with E-state index in [1.54, 1.807) is 11.3 Å². The van der Waals surface area contributed by atoms with Gasteiger partial charge >= 0.3 is 0 Å². The fourth-order valence-electron chi connectivity index (χ4n) is 2.49. The Morgan fingerprint density at radius 2 is 2.28 bits per heavy atom. The Labute approximate surface area is 113 Å². The topological polar surface area (TPSA) is 45.9 Å². The minimum atomic E-state index is 0.0926. The molecule has 3 nitrogen and oxygen atoms in total. The van der Waals surface area contributed by atoms with Gasteiger partial charge in [-0.25, -0.2) is 4.98 Å². The van der Waals surface area contributed by atoms with Gasteiger partial charge in [0.2, 0.25) is 0 Å². The van der Waals surface area contributed by atoms with E-state index in [0.29, 0.717) is 6.61 Å². The van der Waals surface area contributed by atoms with Crippen LogP contribution in [0.5, 0.6) is 0 Å². The molecule has 0 spiro atoms. The van der Waals surface area contributed by atoms with Crippen LogP contribution in [0.4, 0.5) is 0 Å². The van der Waals surface area contributed by atoms with E-state index >= 15 is 0 Å². The van der Waals surface area contributed by atoms with Crippen LogP contribution in [0.3, 0.4) is 0 Å². The molecule has 98 valence electrons. The lowest BCUT2D eigenvalue weighted by Gasteiger charge is -2.19. The molecule has 1 saturated carbocycles. The number of hydrogen-bond donors (Lipinski definition) is 0. The fourth-order valence-corrected chi connectivity index (χ4v) is 3.25. The number of thiazole rings is 1. The minimum absolute atomic E-state index is 0.0926. The van der Waals surface area contributed by atoms with Crippen molar-refractivity contribution >= 4 is 11.3 Å². The molecule has 2 rings (SSSR count). The van der Waals surface area contributed by atoms with E-state index in [1.165, 1.54) is 24.1 Å². The molecule has 0 aromatic carbocycles. The lowest BCUT2D eigenvalue weighted by Crippen LogP contribution is -2.22. The summed E-state index contributed by atoms with van der Waals surface area (Å²) in [6, 6.07) is 2.41. The van der Waals surface area contributed by atoms with E-state index in [2.05, 4.69) is 11.1 Å². The van der Waals surface area contributed by atoms with Crippen molar-refractivity contribution in [3.05, 3.63) is 16.1 Å². The van der Waals surface area contributed by atoms with E-state index in [1.807, 2.05) is 12.4 Å². The summed E-state index contributed by atoms with van der Waals surface area (Å²) in [7, 11) is 0. The SMILES string of the molecule is Cc1ncsc1CCOC1CCCCCC1C#N. The quantitative estimate of drug-likeness (QED) is 0.782. The fraction of sp³-hybridized carbons (Fsp3) is 0.714. The predicted octanol–water partition coefficient (Wildman–Crippen LogP) is 3.48. The molecule has 4 heteroatoms. The molecule has 0 N–H and O–H groups in total. The van der Waals surface area contributed by atoms with E-state index in [9.17, 15) is 5.26 Å². The Kier molecular flexibility index (Phi) is 5.15. The van der Waals surface area contributed by atoms with Crippen molar-refractivity contribution in [1.29, 1.82) is 5.26 Å². The molecular formula is C14H20N2OS. The predicted molar refractivity (Wildman–Crippen MR) is 72.5 cm³/mol. The average Bonchev–Trinajstić information content (AvgIpc) is 2.65. The third kappa shape index (κ3) is 3.54. The number of nitrogens with zero attached hydrogens (tertiary/aromatic N) is 2. The molecule has 18 heavy (non-hydrogen) atoms. The highest BCUT2D eigenvalue weighted by atomic mass is 32.1. The molecule has 0 amide bonds. The molecule has 1 fully saturated rings. The largest absolute Gasteiger partial charge is 0.376 e. The van der Waals surface area contributed by atoms with E-state index in [0.717, 1.165) is 25.0 Å². The first-order chi connectivity index (χ1) is 8.81. The van der Waals surface area contributed by atoms with Crippen molar-refractivity contribution in [2.75, 3.05) is 6.61 Å². The molecule has 1 aromatic heterocycles. The normalized spacial score (nSPS) is 24.4. The van der Waals surface area contributed by atoms with Gasteiger partial charge in [0.05, 0.1) is 35.9 Å². The van der Waals surface area contributed by atoms with Gasteiger partial charge in [0.1, 0.15) is 0 Å². The van der Waals surface area contributed by atoms with Crippen molar-refractivity contribution in [3.8, 4) is 6.07 Å². The van der Waals surface area contributed by atoms with E-state index < -0.39 is 0 Å². The molecule has 1 aromatic rings. The van der Waals surface area contributed by atoms with Crippen LogP contribution in [0.25, 0.3) is 0 Å². The van der Waals surface area contributed by atoms with Crippen LogP contribution in [0.1, 0.15) is 42.7 Å². The van der Waals surface area contributed by atoms with Gasteiger partial charge < -0.3 is 4.74 Å². The molecule has 0 saturated heterocycles. The lowest BCUT2D eigenvalue weighted by atomic mass is 9.99. The van der Waals surface area contributed by atoms with E-state index in [4.69, 9.17) is 4.74 Å². The van der Waals surface area contributed by atoms with Crippen LogP contribution in [-0.4, -0.2) is 17.7 Å². The zero-order valence-corrected chi connectivity index (χ0v) is 11.7. The summed E-state index contributed by atoms with van der Waals surface area (Å²) in [6.07, 6.45) is 6.72. The van der Waals surface area contributed by atoms with Crippen LogP contribution >= 0.6 is 11.3 Å². The van der Waals surface area contributed by atoms with Gasteiger partial charge in [-0.1, -0.05) is 19.3 Å². The van der Waals surface area contributed by atoms with Gasteiger partial charge in [-0.05, 0) is 19.8 Å².